The largest absolute Gasteiger partial charge is 0.342 e. The molecule has 21 heavy (non-hydrogen) atoms. The first-order valence-corrected chi connectivity index (χ1v) is 7.72. The van der Waals surface area contributed by atoms with E-state index in [1.54, 1.807) is 21.7 Å². The van der Waals surface area contributed by atoms with Crippen LogP contribution < -0.4 is 0 Å². The minimum atomic E-state index is -0.317. The average Bonchev–Trinajstić information content (AvgIpc) is 2.78. The van der Waals surface area contributed by atoms with Crippen LogP contribution in [-0.2, 0) is 11.3 Å². The van der Waals surface area contributed by atoms with Crippen LogP contribution in [0.2, 0.25) is 5.02 Å². The average molecular weight is 329 g/mol. The van der Waals surface area contributed by atoms with Crippen LogP contribution in [-0.4, -0.2) is 38.4 Å². The Morgan fingerprint density at radius 1 is 1.43 bits per heavy atom. The molecule has 0 aliphatic heterocycles. The van der Waals surface area contributed by atoms with Gasteiger partial charge in [0, 0.05) is 19.3 Å². The zero-order chi connectivity index (χ0) is 15.6. The number of hydrogen-bond acceptors (Lipinski definition) is 3. The number of carbonyl (C=O) groups excluding carboxylic acids is 1. The predicted molar refractivity (Wildman–Crippen MR) is 84.7 cm³/mol. The standard InChI is InChI=1S/C14H18Cl2N4O/c1-4-19(5-2)12(21)8-20-13(9(3)15)18-11-6-10(16)7-17-14(11)20/h6-7,9H,4-5,8H2,1-3H3. The summed E-state index contributed by atoms with van der Waals surface area (Å²) in [6, 6.07) is 1.73. The van der Waals surface area contributed by atoms with Crippen molar-refractivity contribution in [3.05, 3.63) is 23.1 Å². The first kappa shape index (κ1) is 16.0. The lowest BCUT2D eigenvalue weighted by Gasteiger charge is -2.19. The van der Waals surface area contributed by atoms with Gasteiger partial charge in [0.15, 0.2) is 5.65 Å². The molecule has 0 saturated carbocycles. The summed E-state index contributed by atoms with van der Waals surface area (Å²) >= 11 is 12.1. The van der Waals surface area contributed by atoms with Crippen molar-refractivity contribution in [3.63, 3.8) is 0 Å². The van der Waals surface area contributed by atoms with Gasteiger partial charge in [0.1, 0.15) is 17.9 Å². The highest BCUT2D eigenvalue weighted by Crippen LogP contribution is 2.25. The summed E-state index contributed by atoms with van der Waals surface area (Å²) in [5.41, 5.74) is 1.28. The minimum absolute atomic E-state index is 0.0228. The van der Waals surface area contributed by atoms with Crippen LogP contribution in [0.5, 0.6) is 0 Å². The van der Waals surface area contributed by atoms with Gasteiger partial charge in [0.05, 0.1) is 10.4 Å². The predicted octanol–water partition coefficient (Wildman–Crippen LogP) is 3.25. The lowest BCUT2D eigenvalue weighted by molar-refractivity contribution is -0.131. The molecule has 0 fully saturated rings. The third-order valence-corrected chi connectivity index (χ3v) is 3.75. The molecule has 0 saturated heterocycles. The fourth-order valence-electron chi connectivity index (χ4n) is 2.28. The zero-order valence-electron chi connectivity index (χ0n) is 12.3. The number of imidazole rings is 1. The van der Waals surface area contributed by atoms with E-state index in [1.807, 2.05) is 20.8 Å². The molecular formula is C14H18Cl2N4O. The molecule has 114 valence electrons. The van der Waals surface area contributed by atoms with Gasteiger partial charge in [-0.3, -0.25) is 4.79 Å². The van der Waals surface area contributed by atoms with Crippen molar-refractivity contribution >= 4 is 40.3 Å². The van der Waals surface area contributed by atoms with Crippen molar-refractivity contribution < 1.29 is 4.79 Å². The second-order valence-electron chi connectivity index (χ2n) is 4.73. The Morgan fingerprint density at radius 2 is 2.10 bits per heavy atom. The zero-order valence-corrected chi connectivity index (χ0v) is 13.8. The number of fused-ring (bicyclic) bond motifs is 1. The van der Waals surface area contributed by atoms with E-state index in [-0.39, 0.29) is 17.8 Å². The van der Waals surface area contributed by atoms with Crippen molar-refractivity contribution in [2.75, 3.05) is 13.1 Å². The van der Waals surface area contributed by atoms with Gasteiger partial charge in [-0.1, -0.05) is 11.6 Å². The Bertz CT molecular complexity index is 650. The number of likely N-dealkylation sites (N-methyl/N-ethyl adjacent to an activating group) is 1. The van der Waals surface area contributed by atoms with E-state index in [2.05, 4.69) is 9.97 Å². The Morgan fingerprint density at radius 3 is 2.67 bits per heavy atom. The Hall–Kier alpha value is -1.33. The van der Waals surface area contributed by atoms with Crippen molar-refractivity contribution in [3.8, 4) is 0 Å². The van der Waals surface area contributed by atoms with Crippen LogP contribution in [0, 0.1) is 0 Å². The molecule has 2 aromatic heterocycles. The molecule has 0 aliphatic carbocycles. The minimum Gasteiger partial charge on any atom is -0.342 e. The van der Waals surface area contributed by atoms with Crippen molar-refractivity contribution in [1.82, 2.24) is 19.4 Å². The number of nitrogens with zero attached hydrogens (tertiary/aromatic N) is 4. The third kappa shape index (κ3) is 3.30. The molecule has 0 N–H and O–H groups in total. The number of carbonyl (C=O) groups is 1. The summed E-state index contributed by atoms with van der Waals surface area (Å²) in [6.45, 7) is 7.26. The fourth-order valence-corrected chi connectivity index (χ4v) is 2.59. The van der Waals surface area contributed by atoms with E-state index >= 15 is 0 Å². The molecule has 0 bridgehead atoms. The molecule has 2 heterocycles. The van der Waals surface area contributed by atoms with E-state index in [4.69, 9.17) is 23.2 Å². The smallest absolute Gasteiger partial charge is 0.242 e. The van der Waals surface area contributed by atoms with Gasteiger partial charge in [-0.15, -0.1) is 11.6 Å². The fraction of sp³-hybridized carbons (Fsp3) is 0.500. The lowest BCUT2D eigenvalue weighted by atomic mass is 10.4. The monoisotopic (exact) mass is 328 g/mol. The first-order valence-electron chi connectivity index (χ1n) is 6.91. The summed E-state index contributed by atoms with van der Waals surface area (Å²) in [7, 11) is 0. The summed E-state index contributed by atoms with van der Waals surface area (Å²) in [5, 5.41) is 0.193. The van der Waals surface area contributed by atoms with E-state index in [0.717, 1.165) is 0 Å². The number of halogens is 2. The molecular weight excluding hydrogens is 311 g/mol. The topological polar surface area (TPSA) is 51.0 Å². The molecule has 1 atom stereocenters. The van der Waals surface area contributed by atoms with Crippen LogP contribution in [0.3, 0.4) is 0 Å². The maximum absolute atomic E-state index is 12.3. The maximum atomic E-state index is 12.3. The van der Waals surface area contributed by atoms with Crippen molar-refractivity contribution in [2.24, 2.45) is 0 Å². The first-order chi connectivity index (χ1) is 9.97. The normalized spacial score (nSPS) is 12.6. The molecule has 7 heteroatoms. The Kier molecular flexibility index (Phi) is 5.06. The molecule has 0 spiro atoms. The van der Waals surface area contributed by atoms with Crippen molar-refractivity contribution in [1.29, 1.82) is 0 Å². The van der Waals surface area contributed by atoms with E-state index in [0.29, 0.717) is 35.1 Å². The second kappa shape index (κ2) is 6.62. The van der Waals surface area contributed by atoms with Gasteiger partial charge < -0.3 is 9.47 Å². The molecule has 2 aromatic rings. The van der Waals surface area contributed by atoms with Gasteiger partial charge in [-0.25, -0.2) is 9.97 Å². The Balaban J connectivity index is 2.46. The number of aromatic nitrogens is 3. The van der Waals surface area contributed by atoms with E-state index < -0.39 is 0 Å². The number of pyridine rings is 1. The summed E-state index contributed by atoms with van der Waals surface area (Å²) in [6.07, 6.45) is 1.55. The van der Waals surface area contributed by atoms with E-state index in [1.165, 1.54) is 0 Å². The molecule has 0 aromatic carbocycles. The number of alkyl halides is 1. The number of amides is 1. The summed E-state index contributed by atoms with van der Waals surface area (Å²) in [5.74, 6) is 0.650. The Labute approximate surface area is 133 Å². The molecule has 5 nitrogen and oxygen atoms in total. The highest BCUT2D eigenvalue weighted by Gasteiger charge is 2.20. The second-order valence-corrected chi connectivity index (χ2v) is 5.83. The van der Waals surface area contributed by atoms with Crippen LogP contribution >= 0.6 is 23.2 Å². The quantitative estimate of drug-likeness (QED) is 0.791. The molecule has 1 unspecified atom stereocenters. The van der Waals surface area contributed by atoms with Crippen molar-refractivity contribution in [2.45, 2.75) is 32.7 Å². The van der Waals surface area contributed by atoms with E-state index in [9.17, 15) is 4.79 Å². The highest BCUT2D eigenvalue weighted by atomic mass is 35.5. The molecule has 0 radical (unpaired) electrons. The van der Waals surface area contributed by atoms with Gasteiger partial charge in [0.25, 0.3) is 0 Å². The number of rotatable bonds is 5. The SMILES string of the molecule is CCN(CC)C(=O)Cn1c(C(C)Cl)nc2cc(Cl)cnc21. The molecule has 0 aliphatic rings. The lowest BCUT2D eigenvalue weighted by Crippen LogP contribution is -2.33. The highest BCUT2D eigenvalue weighted by molar-refractivity contribution is 6.31. The summed E-state index contributed by atoms with van der Waals surface area (Å²) < 4.78 is 1.77. The van der Waals surface area contributed by atoms with Gasteiger partial charge in [0.2, 0.25) is 5.91 Å². The van der Waals surface area contributed by atoms with Crippen LogP contribution in [0.4, 0.5) is 0 Å². The van der Waals surface area contributed by atoms with Crippen LogP contribution in [0.1, 0.15) is 32.0 Å². The maximum Gasteiger partial charge on any atom is 0.242 e. The summed E-state index contributed by atoms with van der Waals surface area (Å²) in [4.78, 5) is 22.8. The molecule has 2 rings (SSSR count). The van der Waals surface area contributed by atoms with Gasteiger partial charge >= 0.3 is 0 Å². The molecule has 1 amide bonds. The van der Waals surface area contributed by atoms with Gasteiger partial charge in [-0.2, -0.15) is 0 Å². The van der Waals surface area contributed by atoms with Crippen LogP contribution in [0.25, 0.3) is 11.2 Å². The number of hydrogen-bond donors (Lipinski definition) is 0. The van der Waals surface area contributed by atoms with Crippen LogP contribution in [0.15, 0.2) is 12.3 Å². The third-order valence-electron chi connectivity index (χ3n) is 3.35. The van der Waals surface area contributed by atoms with Gasteiger partial charge in [-0.05, 0) is 26.8 Å².